The Kier molecular flexibility index (Phi) is 11.2. The number of anilines is 1. The van der Waals surface area contributed by atoms with Crippen LogP contribution in [0.2, 0.25) is 0 Å². The van der Waals surface area contributed by atoms with E-state index in [2.05, 4.69) is 47.3 Å². The predicted molar refractivity (Wildman–Crippen MR) is 145 cm³/mol. The minimum absolute atomic E-state index is 0. The summed E-state index contributed by atoms with van der Waals surface area (Å²) in [5, 5.41) is 3.17. The fourth-order valence-electron chi connectivity index (χ4n) is 4.01. The number of hydrogen-bond acceptors (Lipinski definition) is 5. The van der Waals surface area contributed by atoms with Crippen LogP contribution < -0.4 is 20.5 Å². The summed E-state index contributed by atoms with van der Waals surface area (Å²) in [5.74, 6) is 1.80. The fraction of sp³-hybridized carbons (Fsp3) is 0.480. The monoisotopic (exact) mass is 568 g/mol. The fourth-order valence-corrected chi connectivity index (χ4v) is 4.01. The van der Waals surface area contributed by atoms with E-state index in [1.807, 2.05) is 38.1 Å². The van der Waals surface area contributed by atoms with Crippen LogP contribution in [-0.4, -0.2) is 49.4 Å². The van der Waals surface area contributed by atoms with Crippen LogP contribution in [0.4, 0.5) is 5.69 Å². The maximum atomic E-state index is 6.23. The number of guanidine groups is 1. The van der Waals surface area contributed by atoms with E-state index in [0.29, 0.717) is 31.5 Å². The van der Waals surface area contributed by atoms with E-state index >= 15 is 0 Å². The van der Waals surface area contributed by atoms with Crippen molar-refractivity contribution in [3.63, 3.8) is 0 Å². The van der Waals surface area contributed by atoms with Crippen molar-refractivity contribution in [3.8, 4) is 11.5 Å². The van der Waals surface area contributed by atoms with Gasteiger partial charge in [0.25, 0.3) is 0 Å². The van der Waals surface area contributed by atoms with Crippen LogP contribution in [0.15, 0.2) is 47.5 Å². The Bertz CT molecular complexity index is 899. The van der Waals surface area contributed by atoms with E-state index in [4.69, 9.17) is 19.9 Å². The van der Waals surface area contributed by atoms with Crippen molar-refractivity contribution in [1.29, 1.82) is 0 Å². The van der Waals surface area contributed by atoms with Crippen LogP contribution in [0.25, 0.3) is 0 Å². The number of ether oxygens (including phenoxy) is 3. The van der Waals surface area contributed by atoms with Gasteiger partial charge < -0.3 is 25.3 Å². The van der Waals surface area contributed by atoms with Crippen molar-refractivity contribution >= 4 is 35.6 Å². The van der Waals surface area contributed by atoms with Gasteiger partial charge in [0.05, 0.1) is 37.7 Å². The Morgan fingerprint density at radius 1 is 1.06 bits per heavy atom. The van der Waals surface area contributed by atoms with Gasteiger partial charge in [-0.25, -0.2) is 4.99 Å². The standard InChI is InChI=1S/C25H36N4O3.HI/c1-5-30-22-11-12-24(31-6-2)23(13-22)28-25(26)27-14-20-9-7-8-10-21(20)17-29-15-18(3)32-19(4)16-29;/h7-13,18-19H,5-6,14-17H2,1-4H3,(H3,26,27,28);1H. The number of nitrogens with one attached hydrogen (secondary N) is 1. The molecule has 182 valence electrons. The highest BCUT2D eigenvalue weighted by Gasteiger charge is 2.22. The van der Waals surface area contributed by atoms with Gasteiger partial charge in [0.1, 0.15) is 11.5 Å². The van der Waals surface area contributed by atoms with E-state index < -0.39 is 0 Å². The zero-order chi connectivity index (χ0) is 22.9. The largest absolute Gasteiger partial charge is 0.494 e. The first-order chi connectivity index (χ1) is 15.5. The molecule has 2 unspecified atom stereocenters. The van der Waals surface area contributed by atoms with E-state index in [1.165, 1.54) is 5.56 Å². The van der Waals surface area contributed by atoms with Gasteiger partial charge in [-0.15, -0.1) is 24.0 Å². The van der Waals surface area contributed by atoms with Gasteiger partial charge in [-0.2, -0.15) is 0 Å². The van der Waals surface area contributed by atoms with Crippen LogP contribution >= 0.6 is 24.0 Å². The number of hydrogen-bond donors (Lipinski definition) is 2. The first kappa shape index (κ1) is 27.2. The number of benzene rings is 2. The third-order valence-electron chi connectivity index (χ3n) is 5.25. The minimum Gasteiger partial charge on any atom is -0.494 e. The molecule has 0 aliphatic carbocycles. The lowest BCUT2D eigenvalue weighted by molar-refractivity contribution is -0.0705. The summed E-state index contributed by atoms with van der Waals surface area (Å²) < 4.78 is 17.2. The summed E-state index contributed by atoms with van der Waals surface area (Å²) in [7, 11) is 0. The van der Waals surface area contributed by atoms with Gasteiger partial charge in [-0.3, -0.25) is 4.90 Å². The maximum absolute atomic E-state index is 6.23. The van der Waals surface area contributed by atoms with Gasteiger partial charge in [0.2, 0.25) is 0 Å². The van der Waals surface area contributed by atoms with Crippen LogP contribution in [0, 0.1) is 0 Å². The molecule has 0 radical (unpaired) electrons. The Hall–Kier alpha value is -2.04. The molecular formula is C25H37IN4O3. The molecule has 1 aliphatic heterocycles. The van der Waals surface area contributed by atoms with Crippen molar-refractivity contribution in [2.75, 3.05) is 31.6 Å². The molecule has 0 amide bonds. The average molecular weight is 569 g/mol. The molecule has 2 atom stereocenters. The predicted octanol–water partition coefficient (Wildman–Crippen LogP) is 4.64. The van der Waals surface area contributed by atoms with Crippen molar-refractivity contribution in [2.24, 2.45) is 10.7 Å². The zero-order valence-corrected chi connectivity index (χ0v) is 22.4. The summed E-state index contributed by atoms with van der Waals surface area (Å²) in [4.78, 5) is 7.04. The number of morpholine rings is 1. The normalized spacial score (nSPS) is 19.0. The van der Waals surface area contributed by atoms with Crippen molar-refractivity contribution in [3.05, 3.63) is 53.6 Å². The van der Waals surface area contributed by atoms with Crippen LogP contribution in [0.3, 0.4) is 0 Å². The Balaban J connectivity index is 0.00000385. The topological polar surface area (TPSA) is 81.3 Å². The molecule has 2 aromatic carbocycles. The smallest absolute Gasteiger partial charge is 0.193 e. The van der Waals surface area contributed by atoms with Crippen LogP contribution in [-0.2, 0) is 17.8 Å². The molecule has 1 heterocycles. The first-order valence-corrected chi connectivity index (χ1v) is 11.4. The average Bonchev–Trinajstić information content (AvgIpc) is 2.74. The summed E-state index contributed by atoms with van der Waals surface area (Å²) in [6.07, 6.45) is 0.492. The molecule has 2 aromatic rings. The molecule has 1 saturated heterocycles. The molecule has 1 fully saturated rings. The third-order valence-corrected chi connectivity index (χ3v) is 5.25. The van der Waals surface area contributed by atoms with E-state index in [1.54, 1.807) is 0 Å². The first-order valence-electron chi connectivity index (χ1n) is 11.4. The zero-order valence-electron chi connectivity index (χ0n) is 20.0. The summed E-state index contributed by atoms with van der Waals surface area (Å²) in [6, 6.07) is 14.0. The number of rotatable bonds is 9. The lowest BCUT2D eigenvalue weighted by Crippen LogP contribution is -2.44. The van der Waals surface area contributed by atoms with Crippen molar-refractivity contribution in [1.82, 2.24) is 4.90 Å². The number of halogens is 1. The molecule has 0 saturated carbocycles. The highest BCUT2D eigenvalue weighted by Crippen LogP contribution is 2.29. The molecule has 7 nitrogen and oxygen atoms in total. The molecule has 33 heavy (non-hydrogen) atoms. The summed E-state index contributed by atoms with van der Waals surface area (Å²) in [6.45, 7) is 12.6. The molecule has 0 bridgehead atoms. The van der Waals surface area contributed by atoms with E-state index in [-0.39, 0.29) is 36.2 Å². The Morgan fingerprint density at radius 2 is 1.73 bits per heavy atom. The van der Waals surface area contributed by atoms with E-state index in [9.17, 15) is 0 Å². The minimum atomic E-state index is 0. The van der Waals surface area contributed by atoms with Crippen molar-refractivity contribution in [2.45, 2.75) is 53.0 Å². The van der Waals surface area contributed by atoms with Gasteiger partial charge in [-0.1, -0.05) is 24.3 Å². The summed E-state index contributed by atoms with van der Waals surface area (Å²) >= 11 is 0. The van der Waals surface area contributed by atoms with Gasteiger partial charge in [-0.05, 0) is 51.0 Å². The SMILES string of the molecule is CCOc1ccc(OCC)c(NC(N)=NCc2ccccc2CN2CC(C)OC(C)C2)c1.I. The molecule has 0 aromatic heterocycles. The van der Waals surface area contributed by atoms with Crippen LogP contribution in [0.1, 0.15) is 38.8 Å². The number of aliphatic imine (C=N–C) groups is 1. The molecule has 3 N–H and O–H groups in total. The van der Waals surface area contributed by atoms with E-state index in [0.717, 1.165) is 36.6 Å². The highest BCUT2D eigenvalue weighted by atomic mass is 127. The second-order valence-electron chi connectivity index (χ2n) is 8.07. The Labute approximate surface area is 214 Å². The molecule has 8 heteroatoms. The molecule has 3 rings (SSSR count). The van der Waals surface area contributed by atoms with Crippen LogP contribution in [0.5, 0.6) is 11.5 Å². The molecule has 0 spiro atoms. The summed E-state index contributed by atoms with van der Waals surface area (Å²) in [5.41, 5.74) is 9.40. The third kappa shape index (κ3) is 8.35. The molecule has 1 aliphatic rings. The lowest BCUT2D eigenvalue weighted by Gasteiger charge is -2.35. The number of nitrogens with zero attached hydrogens (tertiary/aromatic N) is 2. The highest BCUT2D eigenvalue weighted by molar-refractivity contribution is 14.0. The lowest BCUT2D eigenvalue weighted by atomic mass is 10.1. The second-order valence-corrected chi connectivity index (χ2v) is 8.07. The quantitative estimate of drug-likeness (QED) is 0.261. The van der Waals surface area contributed by atoms with Gasteiger partial charge in [0.15, 0.2) is 5.96 Å². The van der Waals surface area contributed by atoms with Gasteiger partial charge >= 0.3 is 0 Å². The molecular weight excluding hydrogens is 531 g/mol. The Morgan fingerprint density at radius 3 is 2.39 bits per heavy atom. The maximum Gasteiger partial charge on any atom is 0.193 e. The van der Waals surface area contributed by atoms with Gasteiger partial charge in [0, 0.05) is 25.7 Å². The second kappa shape index (κ2) is 13.6. The van der Waals surface area contributed by atoms with Crippen molar-refractivity contribution < 1.29 is 14.2 Å². The number of nitrogens with two attached hydrogens (primary N) is 1.